The van der Waals surface area contributed by atoms with Gasteiger partial charge in [0.15, 0.2) is 6.54 Å². The molecule has 1 atom stereocenters. The molecule has 0 spiro atoms. The summed E-state index contributed by atoms with van der Waals surface area (Å²) in [4.78, 5) is 2.22. The third kappa shape index (κ3) is 2.97. The highest BCUT2D eigenvalue weighted by molar-refractivity contribution is 8.13. The Morgan fingerprint density at radius 1 is 1.16 bits per heavy atom. The number of thioether (sulfide) groups is 1. The number of β-amino-alcohol motifs (C(OH)–C–C–N with tert-alkyl or cyclic N) is 1. The summed E-state index contributed by atoms with van der Waals surface area (Å²) >= 11 is 7.87. The molecule has 0 amide bonds. The van der Waals surface area contributed by atoms with E-state index in [0.29, 0.717) is 6.54 Å². The van der Waals surface area contributed by atoms with Crippen molar-refractivity contribution in [2.75, 3.05) is 23.7 Å². The molecule has 2 aliphatic rings. The Kier molecular flexibility index (Phi) is 4.52. The van der Waals surface area contributed by atoms with Crippen LogP contribution in [-0.2, 0) is 12.1 Å². The average molecular weight is 374 g/mol. The second-order valence-electron chi connectivity index (χ2n) is 6.57. The van der Waals surface area contributed by atoms with Crippen LogP contribution in [0, 0.1) is 0 Å². The standard InChI is InChI=1S/C20H22ClN2OS/c1-2-15-4-6-16(7-5-15)20(24)14-22(18-10-8-17(21)9-11-18)19-23(20)12-3-13-25-19/h4-11,24H,2-3,12-14H2,1H3/q+1. The van der Waals surface area contributed by atoms with Gasteiger partial charge in [0.1, 0.15) is 5.69 Å². The maximum absolute atomic E-state index is 11.6. The minimum absolute atomic E-state index is 0.530. The molecular weight excluding hydrogens is 352 g/mol. The molecular formula is C20H22ClN2OS+. The first-order valence-electron chi connectivity index (χ1n) is 8.74. The number of amidine groups is 1. The molecule has 0 radical (unpaired) electrons. The number of aliphatic hydroxyl groups is 1. The fourth-order valence-corrected chi connectivity index (χ4v) is 4.88. The van der Waals surface area contributed by atoms with Gasteiger partial charge in [0, 0.05) is 16.3 Å². The molecule has 2 heterocycles. The average Bonchev–Trinajstić information content (AvgIpc) is 2.97. The first kappa shape index (κ1) is 17.0. The van der Waals surface area contributed by atoms with Crippen LogP contribution in [0.1, 0.15) is 24.5 Å². The number of benzene rings is 2. The molecule has 25 heavy (non-hydrogen) atoms. The van der Waals surface area contributed by atoms with Crippen molar-refractivity contribution in [3.8, 4) is 0 Å². The summed E-state index contributed by atoms with van der Waals surface area (Å²) in [6, 6.07) is 16.2. The van der Waals surface area contributed by atoms with Crippen LogP contribution in [0.15, 0.2) is 48.5 Å². The van der Waals surface area contributed by atoms with E-state index in [2.05, 4.69) is 40.7 Å². The van der Waals surface area contributed by atoms with Crippen LogP contribution in [0.4, 0.5) is 5.69 Å². The maximum Gasteiger partial charge on any atom is 0.316 e. The Bertz CT molecular complexity index is 803. The molecule has 4 rings (SSSR count). The first-order valence-corrected chi connectivity index (χ1v) is 10.1. The number of halogens is 1. The zero-order valence-electron chi connectivity index (χ0n) is 14.3. The smallest absolute Gasteiger partial charge is 0.316 e. The number of rotatable bonds is 3. The predicted octanol–water partition coefficient (Wildman–Crippen LogP) is 4.07. The van der Waals surface area contributed by atoms with Gasteiger partial charge >= 0.3 is 5.17 Å². The van der Waals surface area contributed by atoms with Gasteiger partial charge in [-0.3, -0.25) is 0 Å². The second-order valence-corrected chi connectivity index (χ2v) is 8.06. The van der Waals surface area contributed by atoms with Gasteiger partial charge < -0.3 is 5.11 Å². The van der Waals surface area contributed by atoms with Gasteiger partial charge in [-0.2, -0.15) is 0 Å². The second kappa shape index (κ2) is 6.67. The van der Waals surface area contributed by atoms with E-state index in [4.69, 9.17) is 11.6 Å². The van der Waals surface area contributed by atoms with E-state index in [1.165, 1.54) is 5.56 Å². The number of anilines is 1. The van der Waals surface area contributed by atoms with Crippen LogP contribution in [0.3, 0.4) is 0 Å². The Morgan fingerprint density at radius 3 is 2.56 bits per heavy atom. The van der Waals surface area contributed by atoms with Crippen LogP contribution in [0.25, 0.3) is 0 Å². The Hall–Kier alpha value is -1.49. The number of hydrogen-bond donors (Lipinski definition) is 1. The topological polar surface area (TPSA) is 26.5 Å². The molecule has 0 aromatic heterocycles. The lowest BCUT2D eigenvalue weighted by atomic mass is 10.00. The Morgan fingerprint density at radius 2 is 1.88 bits per heavy atom. The molecule has 0 saturated heterocycles. The lowest BCUT2D eigenvalue weighted by molar-refractivity contribution is -0.656. The summed E-state index contributed by atoms with van der Waals surface area (Å²) in [7, 11) is 0. The van der Waals surface area contributed by atoms with Crippen LogP contribution in [-0.4, -0.2) is 33.7 Å². The van der Waals surface area contributed by atoms with E-state index in [0.717, 1.165) is 46.6 Å². The molecule has 1 unspecified atom stereocenters. The highest BCUT2D eigenvalue weighted by Crippen LogP contribution is 2.37. The lowest BCUT2D eigenvalue weighted by Crippen LogP contribution is -2.41. The van der Waals surface area contributed by atoms with Gasteiger partial charge in [-0.05, 0) is 54.4 Å². The highest BCUT2D eigenvalue weighted by Gasteiger charge is 2.53. The largest absolute Gasteiger partial charge is 0.346 e. The van der Waals surface area contributed by atoms with Crippen molar-refractivity contribution in [1.29, 1.82) is 0 Å². The van der Waals surface area contributed by atoms with Crippen LogP contribution >= 0.6 is 23.4 Å². The van der Waals surface area contributed by atoms with E-state index in [1.54, 1.807) is 0 Å². The zero-order valence-corrected chi connectivity index (χ0v) is 15.9. The molecule has 2 aromatic rings. The highest BCUT2D eigenvalue weighted by atomic mass is 35.5. The number of nitrogens with zero attached hydrogens (tertiary/aromatic N) is 2. The van der Waals surface area contributed by atoms with Gasteiger partial charge in [0.2, 0.25) is 0 Å². The summed E-state index contributed by atoms with van der Waals surface area (Å²) in [5.74, 6) is 1.08. The van der Waals surface area contributed by atoms with Crippen LogP contribution < -0.4 is 4.90 Å². The predicted molar refractivity (Wildman–Crippen MR) is 106 cm³/mol. The first-order chi connectivity index (χ1) is 12.1. The molecule has 5 heteroatoms. The Labute approximate surface area is 157 Å². The minimum atomic E-state index is -0.991. The molecule has 2 aliphatic heterocycles. The van der Waals surface area contributed by atoms with Gasteiger partial charge in [0.25, 0.3) is 5.72 Å². The normalized spacial score (nSPS) is 23.1. The SMILES string of the molecule is CCc1ccc(C2(O)CN(c3ccc(Cl)cc3)C3=[N+]2CCCS3)cc1. The lowest BCUT2D eigenvalue weighted by Gasteiger charge is -2.24. The molecule has 0 saturated carbocycles. The van der Waals surface area contributed by atoms with Crippen molar-refractivity contribution >= 4 is 34.2 Å². The Balaban J connectivity index is 1.76. The van der Waals surface area contributed by atoms with E-state index in [1.807, 2.05) is 36.0 Å². The summed E-state index contributed by atoms with van der Waals surface area (Å²) < 4.78 is 2.16. The summed E-state index contributed by atoms with van der Waals surface area (Å²) in [6.45, 7) is 3.55. The van der Waals surface area contributed by atoms with Crippen molar-refractivity contribution in [3.63, 3.8) is 0 Å². The van der Waals surface area contributed by atoms with Crippen molar-refractivity contribution in [3.05, 3.63) is 64.7 Å². The fourth-order valence-electron chi connectivity index (χ4n) is 3.58. The van der Waals surface area contributed by atoms with Gasteiger partial charge in [0.05, 0.1) is 6.54 Å². The number of hydrogen-bond acceptors (Lipinski definition) is 3. The monoisotopic (exact) mass is 373 g/mol. The molecule has 0 bridgehead atoms. The molecule has 0 fully saturated rings. The summed E-state index contributed by atoms with van der Waals surface area (Å²) in [6.07, 6.45) is 2.09. The molecule has 2 aromatic carbocycles. The molecule has 1 N–H and O–H groups in total. The summed E-state index contributed by atoms with van der Waals surface area (Å²) in [5, 5.41) is 13.5. The van der Waals surface area contributed by atoms with Crippen molar-refractivity contribution in [1.82, 2.24) is 0 Å². The van der Waals surface area contributed by atoms with Crippen LogP contribution in [0.2, 0.25) is 5.02 Å². The summed E-state index contributed by atoms with van der Waals surface area (Å²) in [5.41, 5.74) is 2.33. The van der Waals surface area contributed by atoms with Gasteiger partial charge in [-0.25, -0.2) is 9.48 Å². The van der Waals surface area contributed by atoms with Gasteiger partial charge in [-0.1, -0.05) is 42.8 Å². The van der Waals surface area contributed by atoms with Crippen molar-refractivity contribution in [2.24, 2.45) is 0 Å². The maximum atomic E-state index is 11.6. The third-order valence-electron chi connectivity index (χ3n) is 5.01. The van der Waals surface area contributed by atoms with E-state index < -0.39 is 5.72 Å². The fraction of sp³-hybridized carbons (Fsp3) is 0.350. The quantitative estimate of drug-likeness (QED) is 0.821. The number of aryl methyl sites for hydroxylation is 1. The van der Waals surface area contributed by atoms with E-state index in [9.17, 15) is 5.11 Å². The van der Waals surface area contributed by atoms with Crippen molar-refractivity contribution < 1.29 is 9.68 Å². The molecule has 0 aliphatic carbocycles. The molecule has 130 valence electrons. The van der Waals surface area contributed by atoms with E-state index in [-0.39, 0.29) is 0 Å². The van der Waals surface area contributed by atoms with Crippen LogP contribution in [0.5, 0.6) is 0 Å². The minimum Gasteiger partial charge on any atom is -0.346 e. The van der Waals surface area contributed by atoms with E-state index >= 15 is 0 Å². The zero-order chi connectivity index (χ0) is 17.4. The molecule has 3 nitrogen and oxygen atoms in total. The third-order valence-corrected chi connectivity index (χ3v) is 6.45. The van der Waals surface area contributed by atoms with Gasteiger partial charge in [-0.15, -0.1) is 0 Å². The van der Waals surface area contributed by atoms with Crippen molar-refractivity contribution in [2.45, 2.75) is 25.5 Å².